The second kappa shape index (κ2) is 20.8. The summed E-state index contributed by atoms with van der Waals surface area (Å²) in [6, 6.07) is 4.38. The van der Waals surface area contributed by atoms with Crippen LogP contribution in [0.25, 0.3) is 0 Å². The van der Waals surface area contributed by atoms with E-state index in [1.807, 2.05) is 0 Å². The summed E-state index contributed by atoms with van der Waals surface area (Å²) in [5.41, 5.74) is 0. The molecule has 0 spiro atoms. The van der Waals surface area contributed by atoms with Gasteiger partial charge in [0.05, 0.1) is 6.61 Å². The van der Waals surface area contributed by atoms with Crippen molar-refractivity contribution in [3.05, 3.63) is 18.2 Å². The maximum atomic E-state index is 9.42. The lowest BCUT2D eigenvalue weighted by atomic mass is 10.1. The standard InChI is InChI=1S/C27H48O3S/c1-2-3-4-5-6-11-14-17-20-31-21-18-15-12-9-7-8-10-13-16-19-30-27-23-25(28)22-26(29)24-27/h22-24,28-29H,2-21H2,1H3. The third-order valence-corrected chi connectivity index (χ3v) is 6.87. The number of rotatable bonds is 22. The van der Waals surface area contributed by atoms with Crippen molar-refractivity contribution in [2.24, 2.45) is 0 Å². The Kier molecular flexibility index (Phi) is 18.8. The maximum absolute atomic E-state index is 9.42. The molecule has 31 heavy (non-hydrogen) atoms. The molecule has 0 atom stereocenters. The van der Waals surface area contributed by atoms with E-state index in [0.717, 1.165) is 6.42 Å². The lowest BCUT2D eigenvalue weighted by molar-refractivity contribution is 0.300. The number of unbranched alkanes of at least 4 members (excludes halogenated alkanes) is 15. The molecule has 0 saturated carbocycles. The summed E-state index contributed by atoms with van der Waals surface area (Å²) in [4.78, 5) is 0. The minimum absolute atomic E-state index is 0.0390. The second-order valence-electron chi connectivity index (χ2n) is 8.80. The van der Waals surface area contributed by atoms with Crippen molar-refractivity contribution in [3.8, 4) is 17.2 Å². The molecule has 0 aliphatic rings. The summed E-state index contributed by atoms with van der Waals surface area (Å²) in [6.45, 7) is 2.92. The number of aromatic hydroxyl groups is 2. The van der Waals surface area contributed by atoms with Crippen LogP contribution in [-0.4, -0.2) is 28.3 Å². The maximum Gasteiger partial charge on any atom is 0.126 e. The first-order valence-corrected chi connectivity index (χ1v) is 14.1. The molecule has 0 heterocycles. The van der Waals surface area contributed by atoms with Gasteiger partial charge in [-0.3, -0.25) is 0 Å². The average molecular weight is 453 g/mol. The lowest BCUT2D eigenvalue weighted by Crippen LogP contribution is -1.97. The van der Waals surface area contributed by atoms with E-state index in [0.29, 0.717) is 12.4 Å². The second-order valence-corrected chi connectivity index (χ2v) is 10.0. The van der Waals surface area contributed by atoms with Crippen LogP contribution in [0.2, 0.25) is 0 Å². The predicted octanol–water partition coefficient (Wildman–Crippen LogP) is 8.86. The van der Waals surface area contributed by atoms with Crippen LogP contribution in [0.5, 0.6) is 17.2 Å². The van der Waals surface area contributed by atoms with Crippen molar-refractivity contribution in [1.82, 2.24) is 0 Å². The fraction of sp³-hybridized carbons (Fsp3) is 0.778. The zero-order valence-electron chi connectivity index (χ0n) is 20.1. The Labute approximate surface area is 196 Å². The molecule has 0 bridgehead atoms. The fourth-order valence-corrected chi connectivity index (χ4v) is 4.85. The number of hydrogen-bond acceptors (Lipinski definition) is 4. The average Bonchev–Trinajstić information content (AvgIpc) is 2.74. The molecule has 0 aliphatic heterocycles. The van der Waals surface area contributed by atoms with Crippen LogP contribution in [0.4, 0.5) is 0 Å². The van der Waals surface area contributed by atoms with Crippen LogP contribution in [0.1, 0.15) is 116 Å². The zero-order valence-corrected chi connectivity index (χ0v) is 20.9. The number of phenolic OH excluding ortho intramolecular Hbond substituents is 2. The summed E-state index contributed by atoms with van der Waals surface area (Å²) < 4.78 is 5.58. The summed E-state index contributed by atoms with van der Waals surface area (Å²) in [5, 5.41) is 18.8. The summed E-state index contributed by atoms with van der Waals surface area (Å²) in [6.07, 6.45) is 23.1. The Balaban J connectivity index is 1.72. The van der Waals surface area contributed by atoms with Gasteiger partial charge in [-0.05, 0) is 30.8 Å². The molecule has 2 N–H and O–H groups in total. The molecule has 0 fully saturated rings. The highest BCUT2D eigenvalue weighted by molar-refractivity contribution is 7.99. The van der Waals surface area contributed by atoms with Gasteiger partial charge >= 0.3 is 0 Å². The number of thioether (sulfide) groups is 1. The van der Waals surface area contributed by atoms with E-state index >= 15 is 0 Å². The van der Waals surface area contributed by atoms with E-state index in [9.17, 15) is 10.2 Å². The van der Waals surface area contributed by atoms with E-state index < -0.39 is 0 Å². The van der Waals surface area contributed by atoms with Crippen LogP contribution >= 0.6 is 11.8 Å². The van der Waals surface area contributed by atoms with Crippen molar-refractivity contribution in [2.45, 2.75) is 116 Å². The minimum Gasteiger partial charge on any atom is -0.508 e. The van der Waals surface area contributed by atoms with Gasteiger partial charge in [-0.25, -0.2) is 0 Å². The highest BCUT2D eigenvalue weighted by Crippen LogP contribution is 2.25. The smallest absolute Gasteiger partial charge is 0.126 e. The van der Waals surface area contributed by atoms with Gasteiger partial charge in [-0.15, -0.1) is 0 Å². The zero-order chi connectivity index (χ0) is 22.4. The van der Waals surface area contributed by atoms with E-state index in [1.54, 1.807) is 0 Å². The first-order chi connectivity index (χ1) is 15.2. The molecule has 0 radical (unpaired) electrons. The molecule has 3 nitrogen and oxygen atoms in total. The van der Waals surface area contributed by atoms with Crippen molar-refractivity contribution >= 4 is 11.8 Å². The molecule has 0 amide bonds. The Morgan fingerprint density at radius 3 is 1.48 bits per heavy atom. The van der Waals surface area contributed by atoms with Gasteiger partial charge in [0.25, 0.3) is 0 Å². The van der Waals surface area contributed by atoms with Gasteiger partial charge in [0.15, 0.2) is 0 Å². The molecule has 1 rings (SSSR count). The van der Waals surface area contributed by atoms with Crippen LogP contribution < -0.4 is 4.74 Å². The molecule has 1 aromatic rings. The largest absolute Gasteiger partial charge is 0.508 e. The molecule has 0 aromatic heterocycles. The summed E-state index contributed by atoms with van der Waals surface area (Å²) in [7, 11) is 0. The third-order valence-electron chi connectivity index (χ3n) is 5.72. The Morgan fingerprint density at radius 2 is 1.00 bits per heavy atom. The Hall–Kier alpha value is -1.03. The first-order valence-electron chi connectivity index (χ1n) is 13.0. The van der Waals surface area contributed by atoms with Crippen molar-refractivity contribution in [1.29, 1.82) is 0 Å². The van der Waals surface area contributed by atoms with E-state index in [1.165, 1.54) is 132 Å². The van der Waals surface area contributed by atoms with Gasteiger partial charge in [-0.1, -0.05) is 96.8 Å². The SMILES string of the molecule is CCCCCCCCCCSCCCCCCCCCCCOc1cc(O)cc(O)c1. The normalized spacial score (nSPS) is 11.1. The minimum atomic E-state index is 0.0390. The van der Waals surface area contributed by atoms with Crippen LogP contribution in [0, 0.1) is 0 Å². The van der Waals surface area contributed by atoms with Gasteiger partial charge in [0, 0.05) is 18.2 Å². The van der Waals surface area contributed by atoms with E-state index in [2.05, 4.69) is 18.7 Å². The molecule has 1 aromatic carbocycles. The summed E-state index contributed by atoms with van der Waals surface area (Å²) >= 11 is 2.16. The highest BCUT2D eigenvalue weighted by atomic mass is 32.2. The Bertz CT molecular complexity index is 501. The Morgan fingerprint density at radius 1 is 0.581 bits per heavy atom. The molecule has 4 heteroatoms. The van der Waals surface area contributed by atoms with Gasteiger partial charge in [-0.2, -0.15) is 11.8 Å². The molecular formula is C27H48O3S. The van der Waals surface area contributed by atoms with Crippen LogP contribution in [-0.2, 0) is 0 Å². The topological polar surface area (TPSA) is 49.7 Å². The lowest BCUT2D eigenvalue weighted by Gasteiger charge is -2.07. The highest BCUT2D eigenvalue weighted by Gasteiger charge is 2.00. The summed E-state index contributed by atoms with van der Waals surface area (Å²) in [5.74, 6) is 3.33. The molecule has 0 aliphatic carbocycles. The fourth-order valence-electron chi connectivity index (χ4n) is 3.83. The monoisotopic (exact) mass is 452 g/mol. The quantitative estimate of drug-likeness (QED) is 0.172. The number of phenols is 2. The first kappa shape index (κ1) is 28.0. The van der Waals surface area contributed by atoms with Gasteiger partial charge in [0.1, 0.15) is 17.2 Å². The van der Waals surface area contributed by atoms with E-state index in [-0.39, 0.29) is 11.5 Å². The van der Waals surface area contributed by atoms with Gasteiger partial charge in [0.2, 0.25) is 0 Å². The number of hydrogen-bond donors (Lipinski definition) is 2. The molecule has 180 valence electrons. The van der Waals surface area contributed by atoms with Crippen LogP contribution in [0.15, 0.2) is 18.2 Å². The molecule has 0 saturated heterocycles. The van der Waals surface area contributed by atoms with Gasteiger partial charge < -0.3 is 14.9 Å². The van der Waals surface area contributed by atoms with Crippen LogP contribution in [0.3, 0.4) is 0 Å². The predicted molar refractivity (Wildman–Crippen MR) is 137 cm³/mol. The third kappa shape index (κ3) is 18.3. The molecule has 0 unspecified atom stereocenters. The van der Waals surface area contributed by atoms with Crippen molar-refractivity contribution in [2.75, 3.05) is 18.1 Å². The van der Waals surface area contributed by atoms with E-state index in [4.69, 9.17) is 4.74 Å². The number of ether oxygens (including phenoxy) is 1. The molecular weight excluding hydrogens is 404 g/mol. The van der Waals surface area contributed by atoms with Crippen molar-refractivity contribution in [3.63, 3.8) is 0 Å². The van der Waals surface area contributed by atoms with Crippen molar-refractivity contribution < 1.29 is 14.9 Å². The number of benzene rings is 1.